The van der Waals surface area contributed by atoms with Gasteiger partial charge >= 0.3 is 0 Å². The lowest BCUT2D eigenvalue weighted by Crippen LogP contribution is -2.35. The summed E-state index contributed by atoms with van der Waals surface area (Å²) in [6, 6.07) is 5.69. The van der Waals surface area contributed by atoms with Crippen LogP contribution in [-0.2, 0) is 0 Å². The Hall–Kier alpha value is -1.03. The topological polar surface area (TPSA) is 55.1 Å². The summed E-state index contributed by atoms with van der Waals surface area (Å²) in [7, 11) is 0. The summed E-state index contributed by atoms with van der Waals surface area (Å²) in [5.41, 5.74) is 6.97. The van der Waals surface area contributed by atoms with Gasteiger partial charge in [0.2, 0.25) is 0 Å². The van der Waals surface area contributed by atoms with Crippen molar-refractivity contribution < 1.29 is 4.79 Å². The largest absolute Gasteiger partial charge is 0.398 e. The third kappa shape index (κ3) is 4.23. The molecule has 0 saturated heterocycles. The zero-order valence-electron chi connectivity index (χ0n) is 11.1. The molecule has 3 nitrogen and oxygen atoms in total. The zero-order chi connectivity index (χ0) is 13.7. The number of hydrogen-bond donors (Lipinski definition) is 2. The summed E-state index contributed by atoms with van der Waals surface area (Å²) >= 11 is 3.38. The number of benzene rings is 1. The van der Waals surface area contributed by atoms with Crippen LogP contribution in [0.3, 0.4) is 0 Å². The first-order valence-electron chi connectivity index (χ1n) is 7.02. The van der Waals surface area contributed by atoms with Gasteiger partial charge in [-0.25, -0.2) is 0 Å². The highest BCUT2D eigenvalue weighted by Gasteiger charge is 2.16. The predicted octanol–water partition coefficient (Wildman–Crippen LogP) is 3.87. The Bertz CT molecular complexity index is 440. The normalized spacial score (nSPS) is 17.5. The molecule has 19 heavy (non-hydrogen) atoms. The van der Waals surface area contributed by atoms with E-state index in [1.807, 2.05) is 6.07 Å². The minimum absolute atomic E-state index is 0.0515. The van der Waals surface area contributed by atoms with Gasteiger partial charge in [-0.2, -0.15) is 0 Å². The minimum Gasteiger partial charge on any atom is -0.398 e. The van der Waals surface area contributed by atoms with Crippen molar-refractivity contribution in [2.75, 3.05) is 5.73 Å². The van der Waals surface area contributed by atoms with Gasteiger partial charge in [0, 0.05) is 16.2 Å². The zero-order valence-corrected chi connectivity index (χ0v) is 12.7. The SMILES string of the molecule is Nc1ccc(Br)cc1C(=O)NC1CCCCCCC1. The van der Waals surface area contributed by atoms with E-state index in [0.717, 1.165) is 17.3 Å². The Morgan fingerprint density at radius 1 is 1.16 bits per heavy atom. The average molecular weight is 325 g/mol. The molecule has 0 radical (unpaired) electrons. The summed E-state index contributed by atoms with van der Waals surface area (Å²) < 4.78 is 0.879. The number of carbonyl (C=O) groups excluding carboxylic acids is 1. The van der Waals surface area contributed by atoms with E-state index in [9.17, 15) is 4.79 Å². The first kappa shape index (κ1) is 14.4. The van der Waals surface area contributed by atoms with E-state index in [-0.39, 0.29) is 5.91 Å². The second-order valence-electron chi connectivity index (χ2n) is 5.25. The lowest BCUT2D eigenvalue weighted by molar-refractivity contribution is 0.0931. The summed E-state index contributed by atoms with van der Waals surface area (Å²) in [5.74, 6) is -0.0515. The van der Waals surface area contributed by atoms with Crippen LogP contribution >= 0.6 is 15.9 Å². The second kappa shape index (κ2) is 6.94. The highest BCUT2D eigenvalue weighted by Crippen LogP contribution is 2.20. The smallest absolute Gasteiger partial charge is 0.253 e. The van der Waals surface area contributed by atoms with E-state index < -0.39 is 0 Å². The Morgan fingerprint density at radius 3 is 2.47 bits per heavy atom. The molecule has 1 saturated carbocycles. The van der Waals surface area contributed by atoms with E-state index >= 15 is 0 Å². The quantitative estimate of drug-likeness (QED) is 0.811. The standard InChI is InChI=1S/C15H21BrN2O/c16-11-8-9-14(17)13(10-11)15(19)18-12-6-4-2-1-3-5-7-12/h8-10,12H,1-7,17H2,(H,18,19). The molecule has 0 atom stereocenters. The van der Waals surface area contributed by atoms with Gasteiger partial charge in [0.15, 0.2) is 0 Å². The molecule has 1 amide bonds. The van der Waals surface area contributed by atoms with Crippen molar-refractivity contribution in [1.29, 1.82) is 0 Å². The molecule has 1 aliphatic carbocycles. The molecule has 0 heterocycles. The van der Waals surface area contributed by atoms with Gasteiger partial charge in [-0.1, -0.05) is 48.0 Å². The molecule has 2 rings (SSSR count). The number of amides is 1. The van der Waals surface area contributed by atoms with E-state index in [1.165, 1.54) is 32.1 Å². The van der Waals surface area contributed by atoms with Crippen LogP contribution in [0.5, 0.6) is 0 Å². The van der Waals surface area contributed by atoms with Crippen LogP contribution in [0.1, 0.15) is 55.3 Å². The van der Waals surface area contributed by atoms with Crippen LogP contribution in [-0.4, -0.2) is 11.9 Å². The molecule has 4 heteroatoms. The van der Waals surface area contributed by atoms with Crippen LogP contribution in [0.25, 0.3) is 0 Å². The molecule has 1 fully saturated rings. The Labute approximate surface area is 123 Å². The van der Waals surface area contributed by atoms with Crippen molar-refractivity contribution in [2.45, 2.75) is 51.0 Å². The number of rotatable bonds is 2. The molecule has 1 aliphatic rings. The van der Waals surface area contributed by atoms with E-state index in [4.69, 9.17) is 5.73 Å². The van der Waals surface area contributed by atoms with Crippen molar-refractivity contribution in [3.05, 3.63) is 28.2 Å². The molecule has 0 aromatic heterocycles. The van der Waals surface area contributed by atoms with Crippen molar-refractivity contribution in [3.63, 3.8) is 0 Å². The number of nitrogen functional groups attached to an aromatic ring is 1. The van der Waals surface area contributed by atoms with Crippen LogP contribution < -0.4 is 11.1 Å². The summed E-state index contributed by atoms with van der Waals surface area (Å²) in [6.07, 6.45) is 8.48. The summed E-state index contributed by atoms with van der Waals surface area (Å²) in [6.45, 7) is 0. The highest BCUT2D eigenvalue weighted by molar-refractivity contribution is 9.10. The fourth-order valence-corrected chi connectivity index (χ4v) is 2.95. The summed E-state index contributed by atoms with van der Waals surface area (Å²) in [4.78, 5) is 12.3. The van der Waals surface area contributed by atoms with E-state index in [2.05, 4.69) is 21.2 Å². The number of carbonyl (C=O) groups is 1. The second-order valence-corrected chi connectivity index (χ2v) is 6.16. The molecule has 0 aliphatic heterocycles. The van der Waals surface area contributed by atoms with E-state index in [0.29, 0.717) is 17.3 Å². The maximum atomic E-state index is 12.3. The first-order valence-corrected chi connectivity index (χ1v) is 7.82. The third-order valence-electron chi connectivity index (χ3n) is 3.70. The lowest BCUT2D eigenvalue weighted by Gasteiger charge is -2.21. The highest BCUT2D eigenvalue weighted by atomic mass is 79.9. The Kier molecular flexibility index (Phi) is 5.25. The fraction of sp³-hybridized carbons (Fsp3) is 0.533. The number of anilines is 1. The summed E-state index contributed by atoms with van der Waals surface area (Å²) in [5, 5.41) is 3.13. The maximum Gasteiger partial charge on any atom is 0.253 e. The van der Waals surface area contributed by atoms with Crippen LogP contribution in [0.4, 0.5) is 5.69 Å². The number of nitrogens with one attached hydrogen (secondary N) is 1. The Balaban J connectivity index is 2.00. The number of nitrogens with two attached hydrogens (primary N) is 1. The van der Waals surface area contributed by atoms with Gasteiger partial charge in [-0.15, -0.1) is 0 Å². The fourth-order valence-electron chi connectivity index (χ4n) is 2.59. The molecular formula is C15H21BrN2O. The molecule has 1 aromatic carbocycles. The number of hydrogen-bond acceptors (Lipinski definition) is 2. The molecule has 0 spiro atoms. The number of halogens is 1. The molecule has 0 unspecified atom stereocenters. The van der Waals surface area contributed by atoms with Gasteiger partial charge in [0.1, 0.15) is 0 Å². The molecule has 1 aromatic rings. The van der Waals surface area contributed by atoms with Gasteiger partial charge in [-0.3, -0.25) is 4.79 Å². The third-order valence-corrected chi connectivity index (χ3v) is 4.19. The lowest BCUT2D eigenvalue weighted by atomic mass is 9.96. The van der Waals surface area contributed by atoms with Crippen molar-refractivity contribution >= 4 is 27.5 Å². The van der Waals surface area contributed by atoms with Crippen molar-refractivity contribution in [2.24, 2.45) is 0 Å². The molecule has 104 valence electrons. The minimum atomic E-state index is -0.0515. The van der Waals surface area contributed by atoms with Gasteiger partial charge in [0.05, 0.1) is 5.56 Å². The first-order chi connectivity index (χ1) is 9.16. The van der Waals surface area contributed by atoms with Gasteiger partial charge in [-0.05, 0) is 31.0 Å². The van der Waals surface area contributed by atoms with Crippen LogP contribution in [0.15, 0.2) is 22.7 Å². The van der Waals surface area contributed by atoms with Crippen LogP contribution in [0, 0.1) is 0 Å². The van der Waals surface area contributed by atoms with Gasteiger partial charge in [0.25, 0.3) is 5.91 Å². The Morgan fingerprint density at radius 2 is 1.79 bits per heavy atom. The molecular weight excluding hydrogens is 304 g/mol. The maximum absolute atomic E-state index is 12.3. The van der Waals surface area contributed by atoms with Crippen LogP contribution in [0.2, 0.25) is 0 Å². The van der Waals surface area contributed by atoms with Gasteiger partial charge < -0.3 is 11.1 Å². The predicted molar refractivity (Wildman–Crippen MR) is 82.1 cm³/mol. The molecule has 3 N–H and O–H groups in total. The van der Waals surface area contributed by atoms with Crippen molar-refractivity contribution in [3.8, 4) is 0 Å². The monoisotopic (exact) mass is 324 g/mol. The van der Waals surface area contributed by atoms with Crippen molar-refractivity contribution in [1.82, 2.24) is 5.32 Å². The molecule has 0 bridgehead atoms. The van der Waals surface area contributed by atoms with E-state index in [1.54, 1.807) is 12.1 Å². The average Bonchev–Trinajstić information content (AvgIpc) is 2.35.